The van der Waals surface area contributed by atoms with Gasteiger partial charge in [-0.2, -0.15) is 0 Å². The summed E-state index contributed by atoms with van der Waals surface area (Å²) in [6, 6.07) is 4.18. The summed E-state index contributed by atoms with van der Waals surface area (Å²) in [4.78, 5) is 37.8. The van der Waals surface area contributed by atoms with E-state index in [0.717, 1.165) is 32.1 Å². The van der Waals surface area contributed by atoms with Crippen LogP contribution in [0.3, 0.4) is 0 Å². The lowest BCUT2D eigenvalue weighted by atomic mass is 9.78. The fourth-order valence-electron chi connectivity index (χ4n) is 4.48. The van der Waals surface area contributed by atoms with Gasteiger partial charge < -0.3 is 19.7 Å². The van der Waals surface area contributed by atoms with Gasteiger partial charge >= 0.3 is 5.97 Å². The maximum atomic E-state index is 12.8. The zero-order valence-corrected chi connectivity index (χ0v) is 17.3. The summed E-state index contributed by atoms with van der Waals surface area (Å²) >= 11 is 0. The smallest absolute Gasteiger partial charge is 0.341 e. The highest BCUT2D eigenvalue weighted by molar-refractivity contribution is 5.97. The quantitative estimate of drug-likeness (QED) is 0.298. The monoisotopic (exact) mass is 419 g/mol. The summed E-state index contributed by atoms with van der Waals surface area (Å²) in [6.45, 7) is 1.16. The Morgan fingerprint density at radius 3 is 2.77 bits per heavy atom. The third kappa shape index (κ3) is 5.27. The zero-order valence-electron chi connectivity index (χ0n) is 17.3. The molecule has 2 fully saturated rings. The molecule has 0 aromatic heterocycles. The number of anilines is 1. The molecular formula is C21H29N3O6. The van der Waals surface area contributed by atoms with Crippen LogP contribution in [0, 0.1) is 16.0 Å². The second kappa shape index (κ2) is 10.4. The number of methoxy groups -OCH3 is 1. The van der Waals surface area contributed by atoms with Crippen LogP contribution in [0.25, 0.3) is 0 Å². The van der Waals surface area contributed by atoms with E-state index in [9.17, 15) is 19.7 Å². The Morgan fingerprint density at radius 2 is 2.00 bits per heavy atom. The number of hydrogen-bond acceptors (Lipinski definition) is 7. The summed E-state index contributed by atoms with van der Waals surface area (Å²) in [7, 11) is 1.55. The maximum absolute atomic E-state index is 12.8. The molecular weight excluding hydrogens is 390 g/mol. The fraction of sp³-hybridized carbons (Fsp3) is 0.619. The first kappa shape index (κ1) is 22.0. The van der Waals surface area contributed by atoms with E-state index in [1.807, 2.05) is 4.90 Å². The van der Waals surface area contributed by atoms with E-state index in [1.165, 1.54) is 24.6 Å². The number of carbonyl (C=O) groups is 2. The van der Waals surface area contributed by atoms with Crippen molar-refractivity contribution >= 4 is 23.3 Å². The van der Waals surface area contributed by atoms with E-state index in [0.29, 0.717) is 31.3 Å². The molecule has 1 N–H and O–H groups in total. The molecule has 0 unspecified atom stereocenters. The van der Waals surface area contributed by atoms with Crippen molar-refractivity contribution in [3.8, 4) is 0 Å². The average molecular weight is 419 g/mol. The van der Waals surface area contributed by atoms with Crippen LogP contribution in [-0.4, -0.2) is 61.2 Å². The molecule has 1 amide bonds. The first-order valence-electron chi connectivity index (χ1n) is 10.5. The van der Waals surface area contributed by atoms with Gasteiger partial charge in [0.2, 0.25) is 0 Å². The number of rotatable bonds is 8. The molecule has 0 radical (unpaired) electrons. The minimum absolute atomic E-state index is 0.0299. The topological polar surface area (TPSA) is 111 Å². The number of nitrogens with zero attached hydrogens (tertiary/aromatic N) is 2. The molecule has 1 aliphatic heterocycles. The number of ether oxygens (including phenoxy) is 2. The molecule has 3 rings (SSSR count). The van der Waals surface area contributed by atoms with Gasteiger partial charge in [-0.1, -0.05) is 12.8 Å². The molecule has 164 valence electrons. The minimum Gasteiger partial charge on any atom is -0.452 e. The lowest BCUT2D eigenvalue weighted by molar-refractivity contribution is -0.384. The van der Waals surface area contributed by atoms with Crippen LogP contribution in [0.5, 0.6) is 0 Å². The number of likely N-dealkylation sites (tertiary alicyclic amines) is 1. The van der Waals surface area contributed by atoms with Crippen LogP contribution in [-0.2, 0) is 14.3 Å². The van der Waals surface area contributed by atoms with E-state index >= 15 is 0 Å². The molecule has 0 bridgehead atoms. The molecule has 1 aliphatic carbocycles. The van der Waals surface area contributed by atoms with Gasteiger partial charge in [0.25, 0.3) is 11.6 Å². The van der Waals surface area contributed by atoms with Crippen LogP contribution < -0.4 is 5.32 Å². The summed E-state index contributed by atoms with van der Waals surface area (Å²) in [5.41, 5.74) is 0.217. The number of benzene rings is 1. The van der Waals surface area contributed by atoms with Gasteiger partial charge in [0, 0.05) is 44.1 Å². The second-order valence-corrected chi connectivity index (χ2v) is 7.82. The number of nitro groups is 1. The lowest BCUT2D eigenvalue weighted by Gasteiger charge is -2.44. The number of fused-ring (bicyclic) bond motifs is 1. The number of esters is 1. The van der Waals surface area contributed by atoms with Crippen molar-refractivity contribution in [2.24, 2.45) is 5.92 Å². The van der Waals surface area contributed by atoms with Crippen molar-refractivity contribution in [3.05, 3.63) is 33.9 Å². The van der Waals surface area contributed by atoms with Crippen LogP contribution in [0.2, 0.25) is 0 Å². The molecule has 30 heavy (non-hydrogen) atoms. The van der Waals surface area contributed by atoms with Gasteiger partial charge in [-0.15, -0.1) is 0 Å². The Morgan fingerprint density at radius 1 is 1.23 bits per heavy atom. The normalized spacial score (nSPS) is 20.9. The summed E-state index contributed by atoms with van der Waals surface area (Å²) in [6.07, 6.45) is 6.61. The maximum Gasteiger partial charge on any atom is 0.341 e. The Balaban J connectivity index is 1.66. The first-order valence-corrected chi connectivity index (χ1v) is 10.5. The highest BCUT2D eigenvalue weighted by Crippen LogP contribution is 2.35. The Kier molecular flexibility index (Phi) is 7.62. The van der Waals surface area contributed by atoms with Gasteiger partial charge in [-0.3, -0.25) is 14.9 Å². The number of hydrogen-bond donors (Lipinski definition) is 1. The largest absolute Gasteiger partial charge is 0.452 e. The molecule has 1 heterocycles. The number of piperidine rings is 1. The number of carbonyl (C=O) groups excluding carboxylic acids is 2. The summed E-state index contributed by atoms with van der Waals surface area (Å²) in [5, 5.41) is 14.1. The van der Waals surface area contributed by atoms with E-state index in [4.69, 9.17) is 9.47 Å². The average Bonchev–Trinajstić information content (AvgIpc) is 2.77. The summed E-state index contributed by atoms with van der Waals surface area (Å²) in [5.74, 6) is -0.413. The van der Waals surface area contributed by atoms with Crippen LogP contribution in [0.15, 0.2) is 18.2 Å². The van der Waals surface area contributed by atoms with Crippen molar-refractivity contribution in [2.75, 3.05) is 38.7 Å². The standard InChI is InChI=1S/C21H29N3O6/c1-29-12-10-22-18-9-8-16(24(27)28)13-17(18)21(26)30-14-20(25)23-11-4-6-15-5-2-3-7-19(15)23/h8-9,13,15,19,22H,2-7,10-12,14H2,1H3/t15-,19-/m1/s1. The number of amides is 1. The number of non-ortho nitro benzene ring substituents is 1. The molecule has 9 heteroatoms. The van der Waals surface area contributed by atoms with Crippen molar-refractivity contribution in [1.82, 2.24) is 4.90 Å². The molecule has 1 saturated heterocycles. The van der Waals surface area contributed by atoms with Crippen LogP contribution in [0.1, 0.15) is 48.9 Å². The van der Waals surface area contributed by atoms with Gasteiger partial charge in [-0.05, 0) is 37.7 Å². The fourth-order valence-corrected chi connectivity index (χ4v) is 4.48. The van der Waals surface area contributed by atoms with Crippen molar-refractivity contribution in [3.63, 3.8) is 0 Å². The molecule has 1 saturated carbocycles. The number of nitrogens with one attached hydrogen (secondary N) is 1. The van der Waals surface area contributed by atoms with E-state index < -0.39 is 10.9 Å². The van der Waals surface area contributed by atoms with Gasteiger partial charge in [-0.25, -0.2) is 4.79 Å². The minimum atomic E-state index is -0.760. The molecule has 1 aromatic rings. The molecule has 0 spiro atoms. The van der Waals surface area contributed by atoms with Crippen molar-refractivity contribution in [2.45, 2.75) is 44.6 Å². The predicted molar refractivity (Wildman–Crippen MR) is 110 cm³/mol. The van der Waals surface area contributed by atoms with E-state index in [1.54, 1.807) is 7.11 Å². The van der Waals surface area contributed by atoms with E-state index in [-0.39, 0.29) is 29.8 Å². The van der Waals surface area contributed by atoms with Crippen molar-refractivity contribution < 1.29 is 24.0 Å². The van der Waals surface area contributed by atoms with Crippen LogP contribution in [0.4, 0.5) is 11.4 Å². The highest BCUT2D eigenvalue weighted by atomic mass is 16.6. The lowest BCUT2D eigenvalue weighted by Crippen LogP contribution is -2.50. The van der Waals surface area contributed by atoms with Crippen molar-refractivity contribution in [1.29, 1.82) is 0 Å². The van der Waals surface area contributed by atoms with E-state index in [2.05, 4.69) is 5.32 Å². The first-order chi connectivity index (χ1) is 14.5. The van der Waals surface area contributed by atoms with Gasteiger partial charge in [0.15, 0.2) is 6.61 Å². The summed E-state index contributed by atoms with van der Waals surface area (Å²) < 4.78 is 10.3. The zero-order chi connectivity index (χ0) is 21.5. The number of nitro benzene ring substituents is 1. The third-order valence-electron chi connectivity index (χ3n) is 5.95. The molecule has 9 nitrogen and oxygen atoms in total. The molecule has 2 aliphatic rings. The van der Waals surface area contributed by atoms with Gasteiger partial charge in [0.1, 0.15) is 0 Å². The Labute approximate surface area is 175 Å². The third-order valence-corrected chi connectivity index (χ3v) is 5.95. The molecule has 1 aromatic carbocycles. The predicted octanol–water partition coefficient (Wildman–Crippen LogP) is 2.99. The van der Waals surface area contributed by atoms with Crippen LogP contribution >= 0.6 is 0 Å². The van der Waals surface area contributed by atoms with Gasteiger partial charge in [0.05, 0.1) is 17.1 Å². The Hall–Kier alpha value is -2.68. The SMILES string of the molecule is COCCNc1ccc([N+](=O)[O-])cc1C(=O)OCC(=O)N1CCC[C@H]2CCCC[C@H]21. The second-order valence-electron chi connectivity index (χ2n) is 7.82. The molecule has 2 atom stereocenters. The highest BCUT2D eigenvalue weighted by Gasteiger charge is 2.36. The Bertz CT molecular complexity index is 782.